The van der Waals surface area contributed by atoms with Gasteiger partial charge >= 0.3 is 5.76 Å². The summed E-state index contributed by atoms with van der Waals surface area (Å²) in [6.45, 7) is 1.68. The van der Waals surface area contributed by atoms with Gasteiger partial charge in [-0.05, 0) is 31.4 Å². The van der Waals surface area contributed by atoms with Crippen LogP contribution < -0.4 is 0 Å². The second kappa shape index (κ2) is 8.37. The number of aromatic nitrogens is 2. The molecule has 0 N–H and O–H groups in total. The Morgan fingerprint density at radius 1 is 0.903 bits per heavy atom. The number of halogens is 2. The van der Waals surface area contributed by atoms with E-state index in [1.807, 2.05) is 4.68 Å². The summed E-state index contributed by atoms with van der Waals surface area (Å²) in [7, 11) is -4.91. The lowest BCUT2D eigenvalue weighted by Crippen LogP contribution is -2.51. The van der Waals surface area contributed by atoms with E-state index < -0.39 is 26.4 Å². The number of piperazine rings is 1. The fourth-order valence-corrected chi connectivity index (χ4v) is 4.96. The maximum Gasteiger partial charge on any atom is 0.341 e. The van der Waals surface area contributed by atoms with Gasteiger partial charge in [-0.25, -0.2) is 8.42 Å². The van der Waals surface area contributed by atoms with Gasteiger partial charge in [-0.2, -0.15) is 13.9 Å². The van der Waals surface area contributed by atoms with Crippen molar-refractivity contribution >= 4 is 21.7 Å². The smallest absolute Gasteiger partial charge is 0.335 e. The Morgan fingerprint density at radius 3 is 2.16 bits per heavy atom. The lowest BCUT2D eigenvalue weighted by molar-refractivity contribution is 0.0532. The Balaban J connectivity index is 1.47. The number of fused-ring (bicyclic) bond motifs is 1. The molecule has 1 aromatic carbocycles. The molecule has 1 aromatic heterocycles. The molecule has 8 nitrogen and oxygen atoms in total. The topological polar surface area (TPSA) is 92.6 Å². The van der Waals surface area contributed by atoms with Gasteiger partial charge in [-0.3, -0.25) is 14.3 Å². The van der Waals surface area contributed by atoms with E-state index in [2.05, 4.69) is 5.10 Å². The molecule has 2 aliphatic rings. The average Bonchev–Trinajstić information content (AvgIpc) is 3.22. The summed E-state index contributed by atoms with van der Waals surface area (Å²) < 4.78 is 51.8. The number of nitrogens with zero attached hydrogens (tertiary/aromatic N) is 4. The van der Waals surface area contributed by atoms with Gasteiger partial charge in [-0.1, -0.05) is 12.1 Å². The van der Waals surface area contributed by atoms with Gasteiger partial charge in [-0.15, -0.1) is 0 Å². The van der Waals surface area contributed by atoms with Crippen molar-refractivity contribution < 1.29 is 26.8 Å². The molecule has 0 atom stereocenters. The minimum Gasteiger partial charge on any atom is -0.335 e. The minimum atomic E-state index is -4.91. The van der Waals surface area contributed by atoms with Crippen LogP contribution in [0.25, 0.3) is 0 Å². The monoisotopic (exact) mass is 452 g/mol. The van der Waals surface area contributed by atoms with Crippen LogP contribution in [0.1, 0.15) is 39.3 Å². The zero-order chi connectivity index (χ0) is 22.2. The normalized spacial score (nSPS) is 17.0. The summed E-state index contributed by atoms with van der Waals surface area (Å²) >= 11 is 0. The van der Waals surface area contributed by atoms with Gasteiger partial charge in [0, 0.05) is 32.7 Å². The Morgan fingerprint density at radius 2 is 1.52 bits per heavy atom. The molecule has 0 radical (unpaired) electrons. The molecule has 0 bridgehead atoms. The first-order chi connectivity index (χ1) is 14.8. The van der Waals surface area contributed by atoms with E-state index >= 15 is 0 Å². The standard InChI is InChI=1S/C20H22F2N4O4S/c21-20(22)31(29,30)17-7-2-1-5-14(17)18(27)24-9-11-25(12-10-24)19(28)15-13-23-26-8-4-3-6-16(15)26/h1-2,5,7,13,20H,3-4,6,8-12H2. The second-order valence-corrected chi connectivity index (χ2v) is 9.46. The van der Waals surface area contributed by atoms with Gasteiger partial charge in [0.25, 0.3) is 11.8 Å². The van der Waals surface area contributed by atoms with E-state index in [0.717, 1.165) is 37.6 Å². The quantitative estimate of drug-likeness (QED) is 0.706. The molecule has 2 amide bonds. The number of carbonyl (C=O) groups excluding carboxylic acids is 2. The highest BCUT2D eigenvalue weighted by molar-refractivity contribution is 7.91. The van der Waals surface area contributed by atoms with Crippen LogP contribution in [0.5, 0.6) is 0 Å². The van der Waals surface area contributed by atoms with Gasteiger partial charge in [0.2, 0.25) is 9.84 Å². The number of sulfone groups is 1. The van der Waals surface area contributed by atoms with Gasteiger partial charge in [0.1, 0.15) is 0 Å². The highest BCUT2D eigenvalue weighted by Gasteiger charge is 2.34. The Bertz CT molecular complexity index is 1110. The van der Waals surface area contributed by atoms with Crippen LogP contribution in [0.4, 0.5) is 8.78 Å². The Hall–Kier alpha value is -2.82. The average molecular weight is 452 g/mol. The lowest BCUT2D eigenvalue weighted by Gasteiger charge is -2.35. The van der Waals surface area contributed by atoms with Crippen molar-refractivity contribution in [3.63, 3.8) is 0 Å². The van der Waals surface area contributed by atoms with Crippen molar-refractivity contribution in [2.45, 2.75) is 36.5 Å². The van der Waals surface area contributed by atoms with Crippen molar-refractivity contribution in [2.75, 3.05) is 26.2 Å². The summed E-state index contributed by atoms with van der Waals surface area (Å²) in [5.74, 6) is -4.40. The molecule has 0 saturated carbocycles. The zero-order valence-corrected chi connectivity index (χ0v) is 17.5. The van der Waals surface area contributed by atoms with Crippen LogP contribution in [0.3, 0.4) is 0 Å². The molecule has 2 aliphatic heterocycles. The third-order valence-corrected chi connectivity index (χ3v) is 7.16. The highest BCUT2D eigenvalue weighted by atomic mass is 32.2. The summed E-state index contributed by atoms with van der Waals surface area (Å²) in [4.78, 5) is 28.2. The molecule has 3 heterocycles. The van der Waals surface area contributed by atoms with Crippen molar-refractivity contribution in [3.05, 3.63) is 47.3 Å². The van der Waals surface area contributed by atoms with Crippen LogP contribution >= 0.6 is 0 Å². The number of rotatable bonds is 4. The third-order valence-electron chi connectivity index (χ3n) is 5.73. The molecule has 0 spiro atoms. The van der Waals surface area contributed by atoms with Crippen LogP contribution in [0.15, 0.2) is 35.4 Å². The highest BCUT2D eigenvalue weighted by Crippen LogP contribution is 2.24. The molecule has 1 saturated heterocycles. The lowest BCUT2D eigenvalue weighted by atomic mass is 10.1. The predicted octanol–water partition coefficient (Wildman–Crippen LogP) is 1.81. The SMILES string of the molecule is O=C(c1ccccc1S(=O)(=O)C(F)F)N1CCN(C(=O)c2cnn3c2CCCC3)CC1. The fraction of sp³-hybridized carbons (Fsp3) is 0.450. The molecule has 31 heavy (non-hydrogen) atoms. The summed E-state index contributed by atoms with van der Waals surface area (Å²) in [6, 6.07) is 4.97. The van der Waals surface area contributed by atoms with Crippen molar-refractivity contribution in [2.24, 2.45) is 0 Å². The molecule has 11 heteroatoms. The fourth-order valence-electron chi connectivity index (χ4n) is 4.04. The maximum absolute atomic E-state index is 13.0. The summed E-state index contributed by atoms with van der Waals surface area (Å²) in [5, 5.41) is 4.29. The number of hydrogen-bond acceptors (Lipinski definition) is 5. The van der Waals surface area contributed by atoms with Crippen molar-refractivity contribution in [1.29, 1.82) is 0 Å². The second-order valence-electron chi connectivity index (χ2n) is 7.57. The largest absolute Gasteiger partial charge is 0.341 e. The first-order valence-corrected chi connectivity index (χ1v) is 11.6. The number of benzene rings is 1. The first kappa shape index (κ1) is 21.4. The van der Waals surface area contributed by atoms with E-state index in [1.165, 1.54) is 23.1 Å². The third kappa shape index (κ3) is 3.93. The van der Waals surface area contributed by atoms with Crippen LogP contribution in [0.2, 0.25) is 0 Å². The van der Waals surface area contributed by atoms with Crippen LogP contribution in [-0.2, 0) is 22.8 Å². The Labute approximate surface area is 178 Å². The van der Waals surface area contributed by atoms with Crippen molar-refractivity contribution in [1.82, 2.24) is 19.6 Å². The maximum atomic E-state index is 13.0. The van der Waals surface area contributed by atoms with E-state index in [4.69, 9.17) is 0 Å². The molecule has 166 valence electrons. The molecular formula is C20H22F2N4O4S. The molecule has 0 aliphatic carbocycles. The van der Waals surface area contributed by atoms with Gasteiger partial charge < -0.3 is 9.80 Å². The molecule has 1 fully saturated rings. The van der Waals surface area contributed by atoms with Crippen LogP contribution in [0, 0.1) is 0 Å². The summed E-state index contributed by atoms with van der Waals surface area (Å²) in [5.41, 5.74) is 1.22. The van der Waals surface area contributed by atoms with Gasteiger partial charge in [0.05, 0.1) is 27.9 Å². The minimum absolute atomic E-state index is 0.143. The molecule has 4 rings (SSSR count). The first-order valence-electron chi connectivity index (χ1n) is 10.0. The van der Waals surface area contributed by atoms with E-state index in [1.54, 1.807) is 11.1 Å². The number of alkyl halides is 2. The van der Waals surface area contributed by atoms with Crippen LogP contribution in [-0.4, -0.2) is 71.7 Å². The Kier molecular flexibility index (Phi) is 5.78. The molecule has 2 aromatic rings. The van der Waals surface area contributed by atoms with E-state index in [0.29, 0.717) is 5.56 Å². The number of carbonyl (C=O) groups is 2. The number of hydrogen-bond donors (Lipinski definition) is 0. The molecular weight excluding hydrogens is 430 g/mol. The van der Waals surface area contributed by atoms with Gasteiger partial charge in [0.15, 0.2) is 0 Å². The number of aryl methyl sites for hydroxylation is 1. The summed E-state index contributed by atoms with van der Waals surface area (Å²) in [6.07, 6.45) is 4.43. The van der Waals surface area contributed by atoms with Crippen molar-refractivity contribution in [3.8, 4) is 0 Å². The molecule has 0 unspecified atom stereocenters. The number of amides is 2. The predicted molar refractivity (Wildman–Crippen MR) is 107 cm³/mol. The zero-order valence-electron chi connectivity index (χ0n) is 16.7. The van der Waals surface area contributed by atoms with E-state index in [-0.39, 0.29) is 37.6 Å². The van der Waals surface area contributed by atoms with E-state index in [9.17, 15) is 26.8 Å².